The zero-order valence-electron chi connectivity index (χ0n) is 7.60. The number of hydrogen-bond donors (Lipinski definition) is 1. The van der Waals surface area contributed by atoms with Gasteiger partial charge in [0.25, 0.3) is 0 Å². The average molecular weight is 191 g/mol. The first-order valence-electron chi connectivity index (χ1n) is 4.01. The van der Waals surface area contributed by atoms with Gasteiger partial charge in [0.05, 0.1) is 12.8 Å². The standard InChI is InChI=1S/C9H9N3O2/c1-13-8-3-2-6(4-7(8)10)9-12-11-5-14-9/h2-5H,10H2,1H3. The van der Waals surface area contributed by atoms with Gasteiger partial charge in [-0.1, -0.05) is 0 Å². The number of anilines is 1. The normalized spacial score (nSPS) is 10.1. The first-order chi connectivity index (χ1) is 6.81. The molecular formula is C9H9N3O2. The van der Waals surface area contributed by atoms with Crippen LogP contribution in [0.3, 0.4) is 0 Å². The quantitative estimate of drug-likeness (QED) is 0.725. The van der Waals surface area contributed by atoms with Gasteiger partial charge in [-0.3, -0.25) is 0 Å². The fourth-order valence-corrected chi connectivity index (χ4v) is 1.17. The second kappa shape index (κ2) is 3.37. The Balaban J connectivity index is 2.43. The van der Waals surface area contributed by atoms with Crippen molar-refractivity contribution < 1.29 is 9.15 Å². The number of nitrogens with two attached hydrogens (primary N) is 1. The van der Waals surface area contributed by atoms with E-state index in [1.807, 2.05) is 6.07 Å². The molecule has 0 unspecified atom stereocenters. The molecule has 0 bridgehead atoms. The molecule has 0 spiro atoms. The number of benzene rings is 1. The Morgan fingerprint density at radius 1 is 1.43 bits per heavy atom. The number of nitrogen functional groups attached to an aromatic ring is 1. The van der Waals surface area contributed by atoms with E-state index in [1.54, 1.807) is 19.2 Å². The summed E-state index contributed by atoms with van der Waals surface area (Å²) in [7, 11) is 1.57. The van der Waals surface area contributed by atoms with Gasteiger partial charge < -0.3 is 14.9 Å². The van der Waals surface area contributed by atoms with Crippen molar-refractivity contribution in [2.45, 2.75) is 0 Å². The largest absolute Gasteiger partial charge is 0.495 e. The van der Waals surface area contributed by atoms with E-state index in [0.717, 1.165) is 5.56 Å². The average Bonchev–Trinajstić information content (AvgIpc) is 2.70. The Morgan fingerprint density at radius 3 is 2.86 bits per heavy atom. The summed E-state index contributed by atoms with van der Waals surface area (Å²) >= 11 is 0. The lowest BCUT2D eigenvalue weighted by molar-refractivity contribution is 0.417. The maximum atomic E-state index is 5.72. The highest BCUT2D eigenvalue weighted by Crippen LogP contribution is 2.26. The predicted octanol–water partition coefficient (Wildman–Crippen LogP) is 1.33. The summed E-state index contributed by atoms with van der Waals surface area (Å²) in [4.78, 5) is 0. The molecule has 2 N–H and O–H groups in total. The van der Waals surface area contributed by atoms with Crippen LogP contribution in [0.5, 0.6) is 5.75 Å². The molecule has 2 aromatic rings. The number of rotatable bonds is 2. The van der Waals surface area contributed by atoms with Gasteiger partial charge in [0.1, 0.15) is 5.75 Å². The highest BCUT2D eigenvalue weighted by molar-refractivity contribution is 5.65. The molecular weight excluding hydrogens is 182 g/mol. The van der Waals surface area contributed by atoms with Gasteiger partial charge in [-0.2, -0.15) is 0 Å². The van der Waals surface area contributed by atoms with Crippen molar-refractivity contribution in [3.63, 3.8) is 0 Å². The molecule has 0 radical (unpaired) electrons. The first-order valence-corrected chi connectivity index (χ1v) is 4.01. The maximum Gasteiger partial charge on any atom is 0.247 e. The molecule has 0 fully saturated rings. The van der Waals surface area contributed by atoms with Crippen LogP contribution in [0.1, 0.15) is 0 Å². The molecule has 14 heavy (non-hydrogen) atoms. The molecule has 5 nitrogen and oxygen atoms in total. The van der Waals surface area contributed by atoms with E-state index >= 15 is 0 Å². The van der Waals surface area contributed by atoms with Crippen LogP contribution in [0.25, 0.3) is 11.5 Å². The Kier molecular flexibility index (Phi) is 2.06. The molecule has 2 rings (SSSR count). The topological polar surface area (TPSA) is 74.2 Å². The SMILES string of the molecule is COc1ccc(-c2nnco2)cc1N. The second-order valence-corrected chi connectivity index (χ2v) is 2.70. The Labute approximate surface area is 80.5 Å². The van der Waals surface area contributed by atoms with Gasteiger partial charge in [0, 0.05) is 5.56 Å². The molecule has 1 aromatic heterocycles. The van der Waals surface area contributed by atoms with Crippen molar-refractivity contribution >= 4 is 5.69 Å². The van der Waals surface area contributed by atoms with E-state index in [4.69, 9.17) is 14.9 Å². The summed E-state index contributed by atoms with van der Waals surface area (Å²) < 4.78 is 10.1. The lowest BCUT2D eigenvalue weighted by Gasteiger charge is -2.04. The summed E-state index contributed by atoms with van der Waals surface area (Å²) in [6.45, 7) is 0. The van der Waals surface area contributed by atoms with Crippen molar-refractivity contribution in [2.24, 2.45) is 0 Å². The zero-order chi connectivity index (χ0) is 9.97. The van der Waals surface area contributed by atoms with Crippen molar-refractivity contribution in [1.29, 1.82) is 0 Å². The van der Waals surface area contributed by atoms with Crippen LogP contribution in [0.2, 0.25) is 0 Å². The van der Waals surface area contributed by atoms with E-state index in [0.29, 0.717) is 17.3 Å². The van der Waals surface area contributed by atoms with Gasteiger partial charge in [0.2, 0.25) is 12.3 Å². The molecule has 0 saturated carbocycles. The van der Waals surface area contributed by atoms with E-state index in [1.165, 1.54) is 6.39 Å². The molecule has 0 aliphatic rings. The lowest BCUT2D eigenvalue weighted by Crippen LogP contribution is -1.92. The molecule has 0 saturated heterocycles. The highest BCUT2D eigenvalue weighted by atomic mass is 16.5. The molecule has 72 valence electrons. The number of ether oxygens (including phenoxy) is 1. The van der Waals surface area contributed by atoms with Crippen LogP contribution in [-0.2, 0) is 0 Å². The van der Waals surface area contributed by atoms with Crippen LogP contribution in [0.15, 0.2) is 29.0 Å². The van der Waals surface area contributed by atoms with Crippen LogP contribution in [0.4, 0.5) is 5.69 Å². The van der Waals surface area contributed by atoms with Crippen LogP contribution < -0.4 is 10.5 Å². The van der Waals surface area contributed by atoms with Gasteiger partial charge in [-0.15, -0.1) is 10.2 Å². The third kappa shape index (κ3) is 1.39. The predicted molar refractivity (Wildman–Crippen MR) is 50.7 cm³/mol. The van der Waals surface area contributed by atoms with Gasteiger partial charge >= 0.3 is 0 Å². The smallest absolute Gasteiger partial charge is 0.247 e. The van der Waals surface area contributed by atoms with Gasteiger partial charge in [-0.05, 0) is 18.2 Å². The minimum atomic E-state index is 0.444. The molecule has 5 heteroatoms. The molecule has 0 atom stereocenters. The fourth-order valence-electron chi connectivity index (χ4n) is 1.17. The Bertz CT molecular complexity index is 426. The number of aromatic nitrogens is 2. The van der Waals surface area contributed by atoms with Crippen molar-refractivity contribution in [3.05, 3.63) is 24.6 Å². The monoisotopic (exact) mass is 191 g/mol. The van der Waals surface area contributed by atoms with Crippen molar-refractivity contribution in [2.75, 3.05) is 12.8 Å². The van der Waals surface area contributed by atoms with Crippen molar-refractivity contribution in [3.8, 4) is 17.2 Å². The van der Waals surface area contributed by atoms with E-state index in [9.17, 15) is 0 Å². The van der Waals surface area contributed by atoms with Gasteiger partial charge in [0.15, 0.2) is 0 Å². The number of methoxy groups -OCH3 is 1. The van der Waals surface area contributed by atoms with Crippen LogP contribution in [-0.4, -0.2) is 17.3 Å². The van der Waals surface area contributed by atoms with Crippen molar-refractivity contribution in [1.82, 2.24) is 10.2 Å². The minimum absolute atomic E-state index is 0.444. The third-order valence-electron chi connectivity index (χ3n) is 1.84. The minimum Gasteiger partial charge on any atom is -0.495 e. The molecule has 0 aliphatic heterocycles. The fraction of sp³-hybridized carbons (Fsp3) is 0.111. The van der Waals surface area contributed by atoms with Crippen LogP contribution in [0, 0.1) is 0 Å². The summed E-state index contributed by atoms with van der Waals surface area (Å²) in [6.07, 6.45) is 1.27. The first kappa shape index (κ1) is 8.55. The number of nitrogens with zero attached hydrogens (tertiary/aromatic N) is 2. The third-order valence-corrected chi connectivity index (χ3v) is 1.84. The maximum absolute atomic E-state index is 5.72. The highest BCUT2D eigenvalue weighted by Gasteiger charge is 2.06. The van der Waals surface area contributed by atoms with E-state index in [-0.39, 0.29) is 0 Å². The summed E-state index contributed by atoms with van der Waals surface area (Å²) in [5, 5.41) is 7.35. The lowest BCUT2D eigenvalue weighted by atomic mass is 10.2. The van der Waals surface area contributed by atoms with Gasteiger partial charge in [-0.25, -0.2) is 0 Å². The molecule has 1 aromatic carbocycles. The van der Waals surface area contributed by atoms with E-state index < -0.39 is 0 Å². The Hall–Kier alpha value is -2.04. The molecule has 0 aliphatic carbocycles. The molecule has 1 heterocycles. The number of hydrogen-bond acceptors (Lipinski definition) is 5. The van der Waals surface area contributed by atoms with Crippen LogP contribution >= 0.6 is 0 Å². The molecule has 0 amide bonds. The zero-order valence-corrected chi connectivity index (χ0v) is 7.60. The Morgan fingerprint density at radius 2 is 2.29 bits per heavy atom. The summed E-state index contributed by atoms with van der Waals surface area (Å²) in [5.74, 6) is 1.08. The second-order valence-electron chi connectivity index (χ2n) is 2.70. The summed E-state index contributed by atoms with van der Waals surface area (Å²) in [6, 6.07) is 5.30. The van der Waals surface area contributed by atoms with E-state index in [2.05, 4.69) is 10.2 Å². The summed E-state index contributed by atoms with van der Waals surface area (Å²) in [5.41, 5.74) is 7.05.